The number of hydrogen-bond acceptors (Lipinski definition) is 9. The molecule has 9 nitrogen and oxygen atoms in total. The lowest BCUT2D eigenvalue weighted by Gasteiger charge is -2.40. The van der Waals surface area contributed by atoms with Crippen molar-refractivity contribution in [3.8, 4) is 0 Å². The van der Waals surface area contributed by atoms with Crippen molar-refractivity contribution in [1.29, 1.82) is 0 Å². The normalized spacial score (nSPS) is 39.3. The number of hydrogen-bond donors (Lipinski definition) is 7. The predicted molar refractivity (Wildman–Crippen MR) is 63.4 cm³/mol. The fourth-order valence-corrected chi connectivity index (χ4v) is 1.75. The van der Waals surface area contributed by atoms with Gasteiger partial charge in [0.05, 0.1) is 19.8 Å². The van der Waals surface area contributed by atoms with Gasteiger partial charge in [0.25, 0.3) is 0 Å². The predicted octanol–water partition coefficient (Wildman–Crippen LogP) is -4.09. The van der Waals surface area contributed by atoms with Crippen molar-refractivity contribution in [1.82, 2.24) is 0 Å². The fourth-order valence-electron chi connectivity index (χ4n) is 1.75. The van der Waals surface area contributed by atoms with E-state index in [1.165, 1.54) is 6.92 Å². The largest absolute Gasteiger partial charge is 0.394 e. The van der Waals surface area contributed by atoms with Gasteiger partial charge >= 0.3 is 0 Å². The van der Waals surface area contributed by atoms with Gasteiger partial charge in [-0.1, -0.05) is 0 Å². The summed E-state index contributed by atoms with van der Waals surface area (Å²) in [5, 5.41) is 65.7. The van der Waals surface area contributed by atoms with Crippen LogP contribution in [0, 0.1) is 0 Å². The van der Waals surface area contributed by atoms with Gasteiger partial charge in [-0.3, -0.25) is 0 Å². The molecule has 1 heterocycles. The molecule has 1 aliphatic rings. The van der Waals surface area contributed by atoms with Crippen LogP contribution in [0.25, 0.3) is 0 Å². The molecule has 7 N–H and O–H groups in total. The summed E-state index contributed by atoms with van der Waals surface area (Å²) in [4.78, 5) is 0. The first-order valence-corrected chi connectivity index (χ1v) is 6.18. The first-order chi connectivity index (χ1) is 9.24. The molecule has 120 valence electrons. The minimum absolute atomic E-state index is 0.503. The van der Waals surface area contributed by atoms with E-state index in [0.717, 1.165) is 0 Å². The Morgan fingerprint density at radius 3 is 2.25 bits per heavy atom. The summed E-state index contributed by atoms with van der Waals surface area (Å²) in [7, 11) is 0. The SMILES string of the molecule is C[C@](O)(CO[C@@H]1O[C@H](CO)[C@H](O)[C@H](O)[C@H]1O)[C@H](O)CO. The molecule has 0 unspecified atom stereocenters. The zero-order chi connectivity index (χ0) is 15.5. The summed E-state index contributed by atoms with van der Waals surface area (Å²) in [6, 6.07) is 0. The van der Waals surface area contributed by atoms with Crippen molar-refractivity contribution in [2.45, 2.75) is 49.3 Å². The van der Waals surface area contributed by atoms with Crippen LogP contribution in [0.3, 0.4) is 0 Å². The third kappa shape index (κ3) is 3.85. The average Bonchev–Trinajstić information content (AvgIpc) is 2.43. The molecule has 20 heavy (non-hydrogen) atoms. The molecule has 1 aliphatic heterocycles. The molecule has 0 aliphatic carbocycles. The summed E-state index contributed by atoms with van der Waals surface area (Å²) < 4.78 is 10.1. The molecule has 1 saturated heterocycles. The topological polar surface area (TPSA) is 160 Å². The molecule has 0 bridgehead atoms. The van der Waals surface area contributed by atoms with Crippen LogP contribution in [0.2, 0.25) is 0 Å². The Balaban J connectivity index is 2.62. The van der Waals surface area contributed by atoms with E-state index < -0.39 is 62.2 Å². The lowest BCUT2D eigenvalue weighted by Crippen LogP contribution is -2.60. The van der Waals surface area contributed by atoms with Gasteiger partial charge in [0.1, 0.15) is 36.1 Å². The van der Waals surface area contributed by atoms with E-state index in [4.69, 9.17) is 19.7 Å². The highest BCUT2D eigenvalue weighted by atomic mass is 16.7. The molecule has 0 aromatic carbocycles. The molecular weight excluding hydrogens is 276 g/mol. The molecule has 0 aromatic heterocycles. The number of rotatable bonds is 6. The Hall–Kier alpha value is -0.360. The molecule has 9 heteroatoms. The van der Waals surface area contributed by atoms with Crippen molar-refractivity contribution in [3.63, 3.8) is 0 Å². The van der Waals surface area contributed by atoms with Gasteiger partial charge in [-0.25, -0.2) is 0 Å². The van der Waals surface area contributed by atoms with Crippen molar-refractivity contribution in [3.05, 3.63) is 0 Å². The van der Waals surface area contributed by atoms with Gasteiger partial charge in [-0.2, -0.15) is 0 Å². The molecule has 1 rings (SSSR count). The molecular formula is C11H22O9. The van der Waals surface area contributed by atoms with Crippen LogP contribution < -0.4 is 0 Å². The van der Waals surface area contributed by atoms with Crippen molar-refractivity contribution >= 4 is 0 Å². The highest BCUT2D eigenvalue weighted by Gasteiger charge is 2.45. The van der Waals surface area contributed by atoms with Crippen molar-refractivity contribution in [2.75, 3.05) is 19.8 Å². The number of ether oxygens (including phenoxy) is 2. The molecule has 0 saturated carbocycles. The summed E-state index contributed by atoms with van der Waals surface area (Å²) >= 11 is 0. The zero-order valence-corrected chi connectivity index (χ0v) is 11.0. The number of aliphatic hydroxyl groups excluding tert-OH is 6. The second-order valence-electron chi connectivity index (χ2n) is 5.06. The van der Waals surface area contributed by atoms with E-state index in [2.05, 4.69) is 0 Å². The van der Waals surface area contributed by atoms with E-state index >= 15 is 0 Å². The van der Waals surface area contributed by atoms with Crippen LogP contribution in [-0.4, -0.2) is 98.0 Å². The van der Waals surface area contributed by atoms with Gasteiger partial charge < -0.3 is 45.2 Å². The minimum atomic E-state index is -1.80. The number of aliphatic hydroxyl groups is 7. The van der Waals surface area contributed by atoms with Gasteiger partial charge in [-0.15, -0.1) is 0 Å². The second kappa shape index (κ2) is 7.07. The zero-order valence-electron chi connectivity index (χ0n) is 11.0. The monoisotopic (exact) mass is 298 g/mol. The van der Waals surface area contributed by atoms with Crippen LogP contribution >= 0.6 is 0 Å². The highest BCUT2D eigenvalue weighted by Crippen LogP contribution is 2.23. The van der Waals surface area contributed by atoms with Crippen LogP contribution in [0.5, 0.6) is 0 Å². The average molecular weight is 298 g/mol. The standard InChI is InChI=1S/C11H22O9/c1-11(18,6(14)3-13)4-19-10-9(17)8(16)7(15)5(2-12)20-10/h5-10,12-18H,2-4H2,1H3/t5-,6-,7+,8+,9-,10-,11+/m1/s1. The lowest BCUT2D eigenvalue weighted by atomic mass is 9.98. The van der Waals surface area contributed by atoms with Gasteiger partial charge in [0, 0.05) is 0 Å². The minimum Gasteiger partial charge on any atom is -0.394 e. The Morgan fingerprint density at radius 1 is 1.15 bits per heavy atom. The quantitative estimate of drug-likeness (QED) is 0.258. The Kier molecular flexibility index (Phi) is 6.25. The fraction of sp³-hybridized carbons (Fsp3) is 1.00. The van der Waals surface area contributed by atoms with Gasteiger partial charge in [0.15, 0.2) is 6.29 Å². The molecule has 0 radical (unpaired) electrons. The maximum absolute atomic E-state index is 9.81. The summed E-state index contributed by atoms with van der Waals surface area (Å²) in [6.07, 6.45) is -8.66. The summed E-state index contributed by atoms with van der Waals surface area (Å²) in [5.41, 5.74) is -1.80. The van der Waals surface area contributed by atoms with E-state index in [9.17, 15) is 25.5 Å². The Bertz CT molecular complexity index is 296. The Labute approximate surface area is 115 Å². The molecule has 1 fully saturated rings. The maximum atomic E-state index is 9.81. The van der Waals surface area contributed by atoms with E-state index in [-0.39, 0.29) is 0 Å². The third-order valence-electron chi connectivity index (χ3n) is 3.28. The first-order valence-electron chi connectivity index (χ1n) is 6.18. The molecule has 0 amide bonds. The van der Waals surface area contributed by atoms with Crippen LogP contribution in [0.1, 0.15) is 6.92 Å². The van der Waals surface area contributed by atoms with E-state index in [0.29, 0.717) is 0 Å². The lowest BCUT2D eigenvalue weighted by molar-refractivity contribution is -0.311. The van der Waals surface area contributed by atoms with Gasteiger partial charge in [-0.05, 0) is 6.92 Å². The first kappa shape index (κ1) is 17.7. The maximum Gasteiger partial charge on any atom is 0.186 e. The van der Waals surface area contributed by atoms with Crippen LogP contribution in [0.15, 0.2) is 0 Å². The molecule has 0 spiro atoms. The van der Waals surface area contributed by atoms with Crippen molar-refractivity contribution < 1.29 is 45.2 Å². The van der Waals surface area contributed by atoms with Crippen molar-refractivity contribution in [2.24, 2.45) is 0 Å². The van der Waals surface area contributed by atoms with E-state index in [1.54, 1.807) is 0 Å². The third-order valence-corrected chi connectivity index (χ3v) is 3.28. The van der Waals surface area contributed by atoms with Crippen LogP contribution in [0.4, 0.5) is 0 Å². The smallest absolute Gasteiger partial charge is 0.186 e. The molecule has 7 atom stereocenters. The summed E-state index contributed by atoms with van der Waals surface area (Å²) in [6.45, 7) is -0.583. The summed E-state index contributed by atoms with van der Waals surface area (Å²) in [5.74, 6) is 0. The molecule has 0 aromatic rings. The van der Waals surface area contributed by atoms with E-state index in [1.807, 2.05) is 0 Å². The van der Waals surface area contributed by atoms with Gasteiger partial charge in [0.2, 0.25) is 0 Å². The Morgan fingerprint density at radius 2 is 1.75 bits per heavy atom. The highest BCUT2D eigenvalue weighted by molar-refractivity contribution is 4.89. The second-order valence-corrected chi connectivity index (χ2v) is 5.06. The van der Waals surface area contributed by atoms with Crippen LogP contribution in [-0.2, 0) is 9.47 Å².